The zero-order valence-corrected chi connectivity index (χ0v) is 16.1. The molecule has 0 aliphatic carbocycles. The molecule has 0 saturated carbocycles. The molecule has 0 N–H and O–H groups in total. The third-order valence-corrected chi connectivity index (χ3v) is 3.28. The van der Waals surface area contributed by atoms with Crippen molar-refractivity contribution in [1.82, 2.24) is 0 Å². The molecule has 0 aliphatic rings. The van der Waals surface area contributed by atoms with Crippen molar-refractivity contribution >= 4 is 5.78 Å². The quantitative estimate of drug-likeness (QED) is 0.231. The van der Waals surface area contributed by atoms with Gasteiger partial charge in [-0.05, 0) is 6.92 Å². The van der Waals surface area contributed by atoms with E-state index in [-0.39, 0.29) is 39.9 Å². The van der Waals surface area contributed by atoms with Crippen LogP contribution in [0.3, 0.4) is 0 Å². The van der Waals surface area contributed by atoms with E-state index in [0.29, 0.717) is 0 Å². The third-order valence-electron chi connectivity index (χ3n) is 3.28. The van der Waals surface area contributed by atoms with Crippen LogP contribution in [0.5, 0.6) is 0 Å². The molecule has 4 aromatic rings. The molecule has 4 aromatic carbocycles. The van der Waals surface area contributed by atoms with Crippen LogP contribution in [0.15, 0.2) is 103 Å². The number of rotatable bonds is 2. The second-order valence-electron chi connectivity index (χ2n) is 5.01. The van der Waals surface area contributed by atoms with Gasteiger partial charge in [-0.25, -0.2) is 42.0 Å². The van der Waals surface area contributed by atoms with Crippen LogP contribution in [0, 0.1) is 0 Å². The number of carbonyl (C=O) groups is 1. The molecule has 130 valence electrons. The molecule has 1 nitrogen and oxygen atoms in total. The largest absolute Gasteiger partial charge is 2.00 e. The van der Waals surface area contributed by atoms with Gasteiger partial charge in [-0.1, -0.05) is 12.1 Å². The third kappa shape index (κ3) is 8.16. The number of Topliss-reactive ketones (excluding diaryl/α,β-unsaturated/α-hetero) is 1. The summed E-state index contributed by atoms with van der Waals surface area (Å²) in [7, 11) is 0. The fourth-order valence-corrected chi connectivity index (χ4v) is 2.17. The van der Waals surface area contributed by atoms with Crippen molar-refractivity contribution in [3.05, 3.63) is 109 Å². The summed E-state index contributed by atoms with van der Waals surface area (Å²) in [5, 5.41) is 0. The summed E-state index contributed by atoms with van der Waals surface area (Å²) >= 11 is 0. The van der Waals surface area contributed by atoms with Crippen molar-refractivity contribution in [2.45, 2.75) is 6.92 Å². The van der Waals surface area contributed by atoms with Gasteiger partial charge >= 0.3 is 34.1 Å². The van der Waals surface area contributed by atoms with Crippen LogP contribution in [0.1, 0.15) is 17.3 Å². The van der Waals surface area contributed by atoms with Gasteiger partial charge in [0.2, 0.25) is 0 Å². The van der Waals surface area contributed by atoms with Crippen LogP contribution in [0.4, 0.5) is 0 Å². The van der Waals surface area contributed by atoms with Crippen molar-refractivity contribution < 1.29 is 38.9 Å². The molecule has 0 saturated heterocycles. The van der Waals surface area contributed by atoms with Crippen molar-refractivity contribution in [2.75, 3.05) is 0 Å². The number of ketones is 1. The number of carbonyl (C=O) groups excluding carboxylic acids is 1. The summed E-state index contributed by atoms with van der Waals surface area (Å²) in [6.45, 7) is 1.60. The van der Waals surface area contributed by atoms with E-state index in [9.17, 15) is 4.79 Å². The van der Waals surface area contributed by atoms with Gasteiger partial charge in [0.25, 0.3) is 0 Å². The van der Waals surface area contributed by atoms with E-state index >= 15 is 0 Å². The Balaban J connectivity index is 0.000000400. The minimum absolute atomic E-state index is 0. The van der Waals surface area contributed by atoms with E-state index in [1.165, 1.54) is 0 Å². The van der Waals surface area contributed by atoms with Gasteiger partial charge in [0, 0.05) is 0 Å². The van der Waals surface area contributed by atoms with Crippen LogP contribution in [0.2, 0.25) is 0 Å². The molecule has 0 aliphatic heterocycles. The number of hydrogen-bond acceptors (Lipinski definition) is 1. The van der Waals surface area contributed by atoms with Crippen molar-refractivity contribution in [2.24, 2.45) is 0 Å². The van der Waals surface area contributed by atoms with Crippen molar-refractivity contribution in [3.8, 4) is 11.1 Å². The molecule has 0 bridgehead atoms. The maximum Gasteiger partial charge on any atom is 2.00 e. The second kappa shape index (κ2) is 13.4. The van der Waals surface area contributed by atoms with E-state index in [1.54, 1.807) is 6.92 Å². The van der Waals surface area contributed by atoms with Gasteiger partial charge in [0.15, 0.2) is 0 Å². The van der Waals surface area contributed by atoms with Crippen LogP contribution in [-0.2, 0) is 34.1 Å². The normalized spacial score (nSPS) is 8.52. The maximum absolute atomic E-state index is 11.2. The minimum atomic E-state index is 0. The topological polar surface area (TPSA) is 17.1 Å². The molecule has 0 radical (unpaired) electrons. The molecule has 0 heterocycles. The van der Waals surface area contributed by atoms with Gasteiger partial charge in [0.1, 0.15) is 0 Å². The molecular weight excluding hydrogens is 392 g/mol. The summed E-state index contributed by atoms with van der Waals surface area (Å²) < 4.78 is 0. The first-order valence-electron chi connectivity index (χ1n) is 7.61. The predicted octanol–water partition coefficient (Wildman–Crippen LogP) is 5.80. The van der Waals surface area contributed by atoms with E-state index in [1.807, 2.05) is 103 Å². The summed E-state index contributed by atoms with van der Waals surface area (Å²) in [5.41, 5.74) is 2.97. The maximum atomic E-state index is 11.2. The predicted molar refractivity (Wildman–Crippen MR) is 97.1 cm³/mol. The zero-order chi connectivity index (χ0) is 16.3. The molecule has 25 heavy (non-hydrogen) atoms. The number of hydrogen-bond donors (Lipinski definition) is 0. The van der Waals surface area contributed by atoms with E-state index < -0.39 is 0 Å². The van der Waals surface area contributed by atoms with Crippen molar-refractivity contribution in [3.63, 3.8) is 0 Å². The van der Waals surface area contributed by atoms with Gasteiger partial charge in [0.05, 0.1) is 5.78 Å². The Labute approximate surface area is 171 Å². The standard InChI is InChI=1S/C12H10O.2C5H5.2Fe/c1-9(13)11-7-4-8-12(11)10-5-2-3-6-10;2*1-2-4-5-3-1;;/h2-8H,1H3;2*1-5H;;/q-2;2*-1;2*+2. The van der Waals surface area contributed by atoms with Crippen LogP contribution < -0.4 is 0 Å². The van der Waals surface area contributed by atoms with E-state index in [4.69, 9.17) is 0 Å². The first-order chi connectivity index (χ1) is 11.3. The van der Waals surface area contributed by atoms with Crippen LogP contribution in [-0.4, -0.2) is 5.78 Å². The average molecular weight is 412 g/mol. The molecule has 0 fully saturated rings. The Bertz CT molecular complexity index is 684. The van der Waals surface area contributed by atoms with Gasteiger partial charge in [-0.15, -0.1) is 12.1 Å². The van der Waals surface area contributed by atoms with E-state index in [0.717, 1.165) is 16.7 Å². The second-order valence-corrected chi connectivity index (χ2v) is 5.01. The Morgan fingerprint density at radius 3 is 1.64 bits per heavy atom. The van der Waals surface area contributed by atoms with Gasteiger partial charge in [-0.2, -0.15) is 42.0 Å². The minimum Gasteiger partial charge on any atom is -0.317 e. The van der Waals surface area contributed by atoms with Gasteiger partial charge < -0.3 is 4.79 Å². The Morgan fingerprint density at radius 1 is 0.800 bits per heavy atom. The molecule has 0 aromatic heterocycles. The first kappa shape index (κ1) is 23.1. The van der Waals surface area contributed by atoms with Crippen LogP contribution in [0.25, 0.3) is 11.1 Å². The summed E-state index contributed by atoms with van der Waals surface area (Å²) in [6, 6.07) is 33.7. The molecule has 0 spiro atoms. The fourth-order valence-electron chi connectivity index (χ4n) is 2.17. The van der Waals surface area contributed by atoms with Crippen molar-refractivity contribution in [1.29, 1.82) is 0 Å². The average Bonchev–Trinajstić information content (AvgIpc) is 3.42. The first-order valence-corrected chi connectivity index (χ1v) is 7.61. The Hall–Kier alpha value is -1.89. The fraction of sp³-hybridized carbons (Fsp3) is 0.0455. The summed E-state index contributed by atoms with van der Waals surface area (Å²) in [6.07, 6.45) is 0. The van der Waals surface area contributed by atoms with Gasteiger partial charge in [-0.3, -0.25) is 11.6 Å². The molecular formula is C22H20Fe2O. The SMILES string of the molecule is CC(=O)c1cc[cH-]c1-[c-]1cccc1.[Fe+2].[Fe+2].c1cc[cH-]c1.c1cc[cH-]c1. The zero-order valence-electron chi connectivity index (χ0n) is 13.9. The molecule has 0 atom stereocenters. The summed E-state index contributed by atoms with van der Waals surface area (Å²) in [5.74, 6) is 0.126. The van der Waals surface area contributed by atoms with E-state index in [2.05, 4.69) is 0 Å². The molecule has 3 heteroatoms. The van der Waals surface area contributed by atoms with Crippen LogP contribution >= 0.6 is 0 Å². The monoisotopic (exact) mass is 412 g/mol. The molecule has 4 rings (SSSR count). The molecule has 0 amide bonds. The Kier molecular flexibility index (Phi) is 12.4. The Morgan fingerprint density at radius 2 is 1.28 bits per heavy atom. The molecule has 0 unspecified atom stereocenters. The smallest absolute Gasteiger partial charge is 0.317 e. The summed E-state index contributed by atoms with van der Waals surface area (Å²) in [4.78, 5) is 11.2.